The Morgan fingerprint density at radius 2 is 0.662 bits per heavy atom. The zero-order chi connectivity index (χ0) is 49.5. The molecule has 0 fully saturated rings. The lowest BCUT2D eigenvalue weighted by Crippen LogP contribution is -2.61. The Hall–Kier alpha value is -7.10. The van der Waals surface area contributed by atoms with Crippen molar-refractivity contribution in [2.75, 3.05) is 9.80 Å². The molecule has 71 heavy (non-hydrogen) atoms. The van der Waals surface area contributed by atoms with Gasteiger partial charge in [-0.3, -0.25) is 0 Å². The molecule has 0 amide bonds. The van der Waals surface area contributed by atoms with Crippen LogP contribution in [-0.4, -0.2) is 6.71 Å². The summed E-state index contributed by atoms with van der Waals surface area (Å²) in [6, 6.07) is 68.3. The molecular weight excluding hydrogens is 856 g/mol. The monoisotopic (exact) mass is 921 g/mol. The topological polar surface area (TPSA) is 6.48 Å². The Morgan fingerprint density at radius 3 is 1.03 bits per heavy atom. The maximum absolute atomic E-state index is 2.68. The van der Waals surface area contributed by atoms with E-state index in [0.29, 0.717) is 0 Å². The lowest BCUT2D eigenvalue weighted by Gasteiger charge is -2.46. The summed E-state index contributed by atoms with van der Waals surface area (Å²) in [5.74, 6) is 0. The molecule has 10 aromatic carbocycles. The van der Waals surface area contributed by atoms with Crippen LogP contribution < -0.4 is 26.2 Å². The van der Waals surface area contributed by atoms with E-state index in [4.69, 9.17) is 0 Å². The maximum Gasteiger partial charge on any atom is 0.252 e. The van der Waals surface area contributed by atoms with E-state index in [-0.39, 0.29) is 28.4 Å². The predicted octanol–water partition coefficient (Wildman–Crippen LogP) is 17.2. The molecule has 2 heterocycles. The number of hydrogen-bond donors (Lipinski definition) is 0. The van der Waals surface area contributed by atoms with Crippen molar-refractivity contribution in [3.05, 3.63) is 198 Å². The van der Waals surface area contributed by atoms with Crippen molar-refractivity contribution in [1.29, 1.82) is 0 Å². The van der Waals surface area contributed by atoms with Crippen LogP contribution >= 0.6 is 0 Å². The molecule has 2 nitrogen and oxygen atoms in total. The molecule has 350 valence electrons. The third kappa shape index (κ3) is 7.46. The molecule has 2 aliphatic rings. The maximum atomic E-state index is 2.68. The lowest BCUT2D eigenvalue weighted by molar-refractivity contribution is 0.568. The van der Waals surface area contributed by atoms with Crippen LogP contribution in [-0.2, 0) is 21.7 Å². The second kappa shape index (κ2) is 15.7. The molecule has 0 aliphatic carbocycles. The highest BCUT2D eigenvalue weighted by atomic mass is 15.2. The van der Waals surface area contributed by atoms with Gasteiger partial charge >= 0.3 is 0 Å². The molecule has 0 saturated heterocycles. The quantitative estimate of drug-likeness (QED) is 0.129. The molecular formula is C68H65BN2. The van der Waals surface area contributed by atoms with E-state index in [2.05, 4.69) is 269 Å². The highest BCUT2D eigenvalue weighted by molar-refractivity contribution is 7.00. The molecule has 0 atom stereocenters. The van der Waals surface area contributed by atoms with Crippen molar-refractivity contribution < 1.29 is 0 Å². The first-order chi connectivity index (χ1) is 33.7. The van der Waals surface area contributed by atoms with Gasteiger partial charge in [-0.05, 0) is 164 Å². The summed E-state index contributed by atoms with van der Waals surface area (Å²) < 4.78 is 0. The van der Waals surface area contributed by atoms with E-state index in [0.717, 1.165) is 0 Å². The summed E-state index contributed by atoms with van der Waals surface area (Å²) in [5.41, 5.74) is 18.8. The molecule has 0 saturated carbocycles. The molecule has 10 aromatic rings. The molecule has 0 spiro atoms. The fraction of sp³-hybridized carbons (Fsp3) is 0.235. The van der Waals surface area contributed by atoms with E-state index in [1.54, 1.807) is 0 Å². The van der Waals surface area contributed by atoms with Crippen molar-refractivity contribution in [3.63, 3.8) is 0 Å². The van der Waals surface area contributed by atoms with Gasteiger partial charge in [0.15, 0.2) is 0 Å². The van der Waals surface area contributed by atoms with Crippen molar-refractivity contribution in [1.82, 2.24) is 0 Å². The van der Waals surface area contributed by atoms with Crippen molar-refractivity contribution in [2.24, 2.45) is 0 Å². The second-order valence-electron chi connectivity index (χ2n) is 24.8. The minimum Gasteiger partial charge on any atom is -0.311 e. The first-order valence-corrected chi connectivity index (χ1v) is 25.8. The summed E-state index contributed by atoms with van der Waals surface area (Å²) >= 11 is 0. The van der Waals surface area contributed by atoms with E-state index in [1.165, 1.54) is 127 Å². The van der Waals surface area contributed by atoms with Gasteiger partial charge < -0.3 is 9.80 Å². The number of rotatable bonds is 3. The molecule has 2 aliphatic heterocycles. The molecule has 0 radical (unpaired) electrons. The van der Waals surface area contributed by atoms with Crippen LogP contribution in [0.2, 0.25) is 0 Å². The van der Waals surface area contributed by atoms with Crippen LogP contribution in [0.3, 0.4) is 0 Å². The van der Waals surface area contributed by atoms with Gasteiger partial charge in [-0.25, -0.2) is 0 Å². The van der Waals surface area contributed by atoms with E-state index < -0.39 is 0 Å². The molecule has 0 unspecified atom stereocenters. The molecule has 12 rings (SSSR count). The van der Waals surface area contributed by atoms with Gasteiger partial charge in [0.2, 0.25) is 0 Å². The largest absolute Gasteiger partial charge is 0.311 e. The van der Waals surface area contributed by atoms with E-state index >= 15 is 0 Å². The Kier molecular flexibility index (Phi) is 9.97. The van der Waals surface area contributed by atoms with E-state index in [1.807, 2.05) is 0 Å². The zero-order valence-corrected chi connectivity index (χ0v) is 43.7. The van der Waals surface area contributed by atoms with Crippen molar-refractivity contribution in [2.45, 2.75) is 105 Å². The van der Waals surface area contributed by atoms with Crippen LogP contribution in [0.15, 0.2) is 176 Å². The van der Waals surface area contributed by atoms with E-state index in [9.17, 15) is 0 Å². The highest BCUT2D eigenvalue weighted by Crippen LogP contribution is 2.51. The van der Waals surface area contributed by atoms with Gasteiger partial charge in [-0.1, -0.05) is 198 Å². The fourth-order valence-corrected chi connectivity index (χ4v) is 11.5. The Morgan fingerprint density at radius 1 is 0.310 bits per heavy atom. The SMILES string of the molecule is CC(C)(C)c1cc(N2c3cc(-c4ccccc4)cc4c3B(c3ccc5cc6ccccc6cc5c32)c2ccc3cc5ccccc5cc3c2N4c2cc(C(C)(C)C)cc(C(C)(C)C)c2)cc(C(C)(C)C)c1. The minimum atomic E-state index is -0.0821. The van der Waals surface area contributed by atoms with Crippen LogP contribution in [0.1, 0.15) is 105 Å². The van der Waals surface area contributed by atoms with Crippen LogP contribution in [0.5, 0.6) is 0 Å². The Bertz CT molecular complexity index is 3520. The van der Waals surface area contributed by atoms with Crippen LogP contribution in [0.4, 0.5) is 34.1 Å². The summed E-state index contributed by atoms with van der Waals surface area (Å²) in [6.07, 6.45) is 0. The molecule has 0 aromatic heterocycles. The first-order valence-electron chi connectivity index (χ1n) is 25.8. The Balaban J connectivity index is 1.30. The van der Waals surface area contributed by atoms with Gasteiger partial charge in [0.1, 0.15) is 0 Å². The minimum absolute atomic E-state index is 0.0603. The van der Waals surface area contributed by atoms with Gasteiger partial charge in [0, 0.05) is 44.9 Å². The normalized spacial score (nSPS) is 13.8. The van der Waals surface area contributed by atoms with Crippen LogP contribution in [0.25, 0.3) is 54.2 Å². The van der Waals surface area contributed by atoms with Gasteiger partial charge in [0.05, 0.1) is 0 Å². The second-order valence-corrected chi connectivity index (χ2v) is 24.8. The van der Waals surface area contributed by atoms with Gasteiger partial charge in [0.25, 0.3) is 6.71 Å². The lowest BCUT2D eigenvalue weighted by atomic mass is 9.33. The third-order valence-corrected chi connectivity index (χ3v) is 15.7. The number of benzene rings is 10. The first kappa shape index (κ1) is 45.1. The summed E-state index contributed by atoms with van der Waals surface area (Å²) in [7, 11) is 0. The van der Waals surface area contributed by atoms with Crippen LogP contribution in [0, 0.1) is 0 Å². The zero-order valence-electron chi connectivity index (χ0n) is 43.7. The number of nitrogens with zero attached hydrogens (tertiary/aromatic N) is 2. The Labute approximate surface area is 422 Å². The summed E-state index contributed by atoms with van der Waals surface area (Å²) in [4.78, 5) is 5.37. The smallest absolute Gasteiger partial charge is 0.252 e. The molecule has 0 N–H and O–H groups in total. The van der Waals surface area contributed by atoms with Crippen molar-refractivity contribution >= 4 is 100 Å². The molecule has 0 bridgehead atoms. The number of hydrogen-bond acceptors (Lipinski definition) is 2. The van der Waals surface area contributed by atoms with Gasteiger partial charge in [-0.2, -0.15) is 0 Å². The standard InChI is InChI=1S/C68H65BN2/c1-65(2,3)50-36-51(66(4,5)6)39-54(38-50)70-60-34-49(42-20-14-13-15-21-42)35-61-62(60)69(58-28-26-47-30-43-22-16-18-24-45(43)32-56(47)63(58)70)59-29-27-48-31-44-23-17-19-25-46(44)33-57(48)64(59)71(61)55-40-52(67(7,8)9)37-53(41-55)68(10,11)12/h13-41H,1-12H3. The average Bonchev–Trinajstić information content (AvgIpc) is 3.33. The summed E-state index contributed by atoms with van der Waals surface area (Å²) in [5, 5.41) is 10.0. The third-order valence-electron chi connectivity index (χ3n) is 15.7. The average molecular weight is 921 g/mol. The van der Waals surface area contributed by atoms with Gasteiger partial charge in [-0.15, -0.1) is 0 Å². The highest BCUT2D eigenvalue weighted by Gasteiger charge is 2.45. The van der Waals surface area contributed by atoms with Crippen molar-refractivity contribution in [3.8, 4) is 11.1 Å². The summed E-state index contributed by atoms with van der Waals surface area (Å²) in [6.45, 7) is 28.2. The number of fused-ring (bicyclic) bond motifs is 10. The number of anilines is 6. The fourth-order valence-electron chi connectivity index (χ4n) is 11.5. The predicted molar refractivity (Wildman–Crippen MR) is 311 cm³/mol. The molecule has 3 heteroatoms.